The highest BCUT2D eigenvalue weighted by Crippen LogP contribution is 2.40. The number of benzene rings is 1. The van der Waals surface area contributed by atoms with Gasteiger partial charge in [-0.25, -0.2) is 0 Å². The average Bonchev–Trinajstić information content (AvgIpc) is 2.76. The Morgan fingerprint density at radius 2 is 2.11 bits per heavy atom. The van der Waals surface area contributed by atoms with E-state index in [9.17, 15) is 0 Å². The molecule has 1 aliphatic heterocycles. The fraction of sp³-hybridized carbons (Fsp3) is 0.571. The van der Waals surface area contributed by atoms with Crippen LogP contribution in [-0.2, 0) is 9.62 Å². The van der Waals surface area contributed by atoms with Gasteiger partial charge in [0.05, 0.1) is 12.2 Å². The van der Waals surface area contributed by atoms with E-state index >= 15 is 0 Å². The van der Waals surface area contributed by atoms with Gasteiger partial charge >= 0.3 is 0 Å². The van der Waals surface area contributed by atoms with Crippen molar-refractivity contribution in [3.05, 3.63) is 23.8 Å². The predicted molar refractivity (Wildman–Crippen MR) is 67.8 cm³/mol. The van der Waals surface area contributed by atoms with E-state index in [0.717, 1.165) is 36.5 Å². The second-order valence-electron chi connectivity index (χ2n) is 4.30. The molecule has 18 heavy (non-hydrogen) atoms. The van der Waals surface area contributed by atoms with E-state index in [1.54, 1.807) is 0 Å². The second-order valence-corrected chi connectivity index (χ2v) is 4.30. The van der Waals surface area contributed by atoms with Crippen LogP contribution in [0.15, 0.2) is 18.2 Å². The normalized spacial score (nSPS) is 17.3. The molecule has 100 valence electrons. The Kier molecular flexibility index (Phi) is 4.84. The summed E-state index contributed by atoms with van der Waals surface area (Å²) in [4.78, 5) is 10.2. The highest BCUT2D eigenvalue weighted by molar-refractivity contribution is 5.47. The predicted octanol–water partition coefficient (Wildman–Crippen LogP) is 3.27. The molecular formula is C14H20O4. The smallest absolute Gasteiger partial charge is 0.175 e. The molecule has 1 unspecified atom stereocenters. The summed E-state index contributed by atoms with van der Waals surface area (Å²) in [7, 11) is 0. The Morgan fingerprint density at radius 1 is 1.22 bits per heavy atom. The van der Waals surface area contributed by atoms with Crippen LogP contribution in [0, 0.1) is 0 Å². The van der Waals surface area contributed by atoms with Gasteiger partial charge in [0.1, 0.15) is 18.5 Å². The maximum atomic E-state index is 5.71. The fourth-order valence-corrected chi connectivity index (χ4v) is 1.85. The maximum absolute atomic E-state index is 5.71. The van der Waals surface area contributed by atoms with Gasteiger partial charge in [-0.1, -0.05) is 19.4 Å². The SMILES string of the molecule is CCCCOCCOc1cccc2c1C(C)OO2. The van der Waals surface area contributed by atoms with Crippen molar-refractivity contribution >= 4 is 0 Å². The molecule has 1 aromatic rings. The van der Waals surface area contributed by atoms with Crippen molar-refractivity contribution in [2.24, 2.45) is 0 Å². The quantitative estimate of drug-likeness (QED) is 0.551. The first-order valence-corrected chi connectivity index (χ1v) is 6.49. The third kappa shape index (κ3) is 3.15. The van der Waals surface area contributed by atoms with Crippen LogP contribution in [0.3, 0.4) is 0 Å². The van der Waals surface area contributed by atoms with Gasteiger partial charge in [0.2, 0.25) is 0 Å². The minimum absolute atomic E-state index is 0.0859. The molecule has 1 heterocycles. The third-order valence-electron chi connectivity index (χ3n) is 2.84. The highest BCUT2D eigenvalue weighted by Gasteiger charge is 2.26. The van der Waals surface area contributed by atoms with E-state index in [-0.39, 0.29) is 6.10 Å². The van der Waals surface area contributed by atoms with Gasteiger partial charge in [0, 0.05) is 6.61 Å². The first-order valence-electron chi connectivity index (χ1n) is 6.49. The van der Waals surface area contributed by atoms with Gasteiger partial charge in [-0.15, -0.1) is 0 Å². The summed E-state index contributed by atoms with van der Waals surface area (Å²) >= 11 is 0. The Hall–Kier alpha value is -1.26. The fourth-order valence-electron chi connectivity index (χ4n) is 1.85. The highest BCUT2D eigenvalue weighted by atomic mass is 17.2. The van der Waals surface area contributed by atoms with Crippen LogP contribution in [0.4, 0.5) is 0 Å². The maximum Gasteiger partial charge on any atom is 0.175 e. The second kappa shape index (κ2) is 6.61. The van der Waals surface area contributed by atoms with Crippen molar-refractivity contribution in [3.8, 4) is 11.5 Å². The summed E-state index contributed by atoms with van der Waals surface area (Å²) in [5, 5.41) is 0. The average molecular weight is 252 g/mol. The standard InChI is InChI=1S/C14H20O4/c1-3-4-8-15-9-10-16-12-6-5-7-13-14(12)11(2)17-18-13/h5-7,11H,3-4,8-10H2,1-2H3. The molecule has 4 heteroatoms. The third-order valence-corrected chi connectivity index (χ3v) is 2.84. The first kappa shape index (κ1) is 13.2. The van der Waals surface area contributed by atoms with Crippen molar-refractivity contribution in [2.45, 2.75) is 32.8 Å². The summed E-state index contributed by atoms with van der Waals surface area (Å²) in [5.74, 6) is 1.56. The van der Waals surface area contributed by atoms with Gasteiger partial charge in [0.25, 0.3) is 0 Å². The van der Waals surface area contributed by atoms with Crippen LogP contribution in [0.5, 0.6) is 11.5 Å². The topological polar surface area (TPSA) is 36.9 Å². The molecule has 0 spiro atoms. The Labute approximate surface area is 108 Å². The molecule has 0 amide bonds. The summed E-state index contributed by atoms with van der Waals surface area (Å²) in [5.41, 5.74) is 0.978. The van der Waals surface area contributed by atoms with Crippen molar-refractivity contribution in [3.63, 3.8) is 0 Å². The van der Waals surface area contributed by atoms with Crippen molar-refractivity contribution in [2.75, 3.05) is 19.8 Å². The van der Waals surface area contributed by atoms with Gasteiger partial charge in [-0.3, -0.25) is 0 Å². The zero-order chi connectivity index (χ0) is 12.8. The lowest BCUT2D eigenvalue weighted by Crippen LogP contribution is -2.08. The summed E-state index contributed by atoms with van der Waals surface area (Å²) < 4.78 is 11.2. The molecule has 0 bridgehead atoms. The Bertz CT molecular complexity index is 378. The summed E-state index contributed by atoms with van der Waals surface area (Å²) in [6.07, 6.45) is 2.16. The van der Waals surface area contributed by atoms with E-state index in [0.29, 0.717) is 13.2 Å². The Morgan fingerprint density at radius 3 is 2.94 bits per heavy atom. The molecule has 2 rings (SSSR count). The van der Waals surface area contributed by atoms with Gasteiger partial charge in [0.15, 0.2) is 5.75 Å². The van der Waals surface area contributed by atoms with E-state index in [1.807, 2.05) is 25.1 Å². The number of fused-ring (bicyclic) bond motifs is 1. The number of hydrogen-bond donors (Lipinski definition) is 0. The summed E-state index contributed by atoms with van der Waals surface area (Å²) in [6.45, 7) is 6.05. The van der Waals surface area contributed by atoms with E-state index in [1.165, 1.54) is 0 Å². The molecule has 0 aromatic heterocycles. The summed E-state index contributed by atoms with van der Waals surface area (Å²) in [6, 6.07) is 5.70. The number of rotatable bonds is 7. The molecule has 1 aromatic carbocycles. The van der Waals surface area contributed by atoms with Crippen LogP contribution in [0.1, 0.15) is 38.4 Å². The molecule has 0 radical (unpaired) electrons. The van der Waals surface area contributed by atoms with Crippen LogP contribution >= 0.6 is 0 Å². The van der Waals surface area contributed by atoms with Crippen LogP contribution in [0.2, 0.25) is 0 Å². The molecule has 0 saturated carbocycles. The minimum atomic E-state index is -0.0859. The number of ether oxygens (including phenoxy) is 2. The lowest BCUT2D eigenvalue weighted by atomic mass is 10.1. The minimum Gasteiger partial charge on any atom is -0.491 e. The molecule has 0 fully saturated rings. The largest absolute Gasteiger partial charge is 0.491 e. The molecule has 1 atom stereocenters. The molecule has 4 nitrogen and oxygen atoms in total. The van der Waals surface area contributed by atoms with E-state index in [2.05, 4.69) is 6.92 Å². The van der Waals surface area contributed by atoms with Crippen LogP contribution in [0.25, 0.3) is 0 Å². The molecule has 0 saturated heterocycles. The molecule has 0 N–H and O–H groups in total. The van der Waals surface area contributed by atoms with Crippen LogP contribution < -0.4 is 9.62 Å². The van der Waals surface area contributed by atoms with Crippen molar-refractivity contribution in [1.29, 1.82) is 0 Å². The first-order chi connectivity index (χ1) is 8.83. The lowest BCUT2D eigenvalue weighted by Gasteiger charge is -2.10. The number of hydrogen-bond acceptors (Lipinski definition) is 4. The van der Waals surface area contributed by atoms with Gasteiger partial charge < -0.3 is 14.4 Å². The van der Waals surface area contributed by atoms with E-state index in [4.69, 9.17) is 19.2 Å². The molecule has 1 aliphatic rings. The Balaban J connectivity index is 1.81. The molecular weight excluding hydrogens is 232 g/mol. The van der Waals surface area contributed by atoms with Crippen molar-refractivity contribution < 1.29 is 19.2 Å². The van der Waals surface area contributed by atoms with E-state index < -0.39 is 0 Å². The van der Waals surface area contributed by atoms with Crippen LogP contribution in [-0.4, -0.2) is 19.8 Å². The molecule has 0 aliphatic carbocycles. The zero-order valence-electron chi connectivity index (χ0n) is 11.0. The monoisotopic (exact) mass is 252 g/mol. The number of unbranched alkanes of at least 4 members (excludes halogenated alkanes) is 1. The van der Waals surface area contributed by atoms with Crippen molar-refractivity contribution in [1.82, 2.24) is 0 Å². The lowest BCUT2D eigenvalue weighted by molar-refractivity contribution is -0.218. The van der Waals surface area contributed by atoms with Gasteiger partial charge in [-0.2, -0.15) is 4.89 Å². The zero-order valence-corrected chi connectivity index (χ0v) is 11.0. The van der Waals surface area contributed by atoms with Gasteiger partial charge in [-0.05, 0) is 25.5 Å².